The highest BCUT2D eigenvalue weighted by atomic mass is 16.8. The van der Waals surface area contributed by atoms with E-state index in [1.807, 2.05) is 166 Å². The average Bonchev–Trinajstić information content (AvgIpc) is 0.763. The molecule has 22 heteroatoms. The smallest absolute Gasteiger partial charge is 0.339 e. The summed E-state index contributed by atoms with van der Waals surface area (Å²) in [4.78, 5) is 59.4. The van der Waals surface area contributed by atoms with Crippen LogP contribution in [0.15, 0.2) is 181 Å². The topological polar surface area (TPSA) is 266 Å². The zero-order chi connectivity index (χ0) is 77.5. The lowest BCUT2D eigenvalue weighted by molar-refractivity contribution is -0.382. The predicted molar refractivity (Wildman–Crippen MR) is 413 cm³/mol. The third-order valence-corrected chi connectivity index (χ3v) is 19.9. The predicted octanol–water partition coefficient (Wildman–Crippen LogP) is 16.8. The van der Waals surface area contributed by atoms with Gasteiger partial charge in [-0.2, -0.15) is 0 Å². The molecule has 0 saturated carbocycles. The molecule has 110 heavy (non-hydrogen) atoms. The monoisotopic (exact) mass is 1520 g/mol. The first kappa shape index (κ1) is 86.2. The fourth-order valence-electron chi connectivity index (χ4n) is 14.1. The van der Waals surface area contributed by atoms with Crippen LogP contribution in [0.3, 0.4) is 0 Å². The van der Waals surface area contributed by atoms with Gasteiger partial charge < -0.3 is 76.2 Å². The minimum absolute atomic E-state index is 0.000900. The Bertz CT molecular complexity index is 3640. The normalized spacial score (nSPS) is 24.2. The minimum Gasteiger partial charge on any atom is -0.455 e. The summed E-state index contributed by atoms with van der Waals surface area (Å²) in [6.45, 7) is 9.09. The quantitative estimate of drug-likeness (QED) is 0.00928. The maximum atomic E-state index is 15.5. The number of carbonyl (C=O) groups is 4. The molecule has 1 N–H and O–H groups in total. The molecule has 3 aliphatic rings. The van der Waals surface area contributed by atoms with Crippen molar-refractivity contribution in [2.75, 3.05) is 13.2 Å². The number of aliphatic hydroxyl groups excluding tert-OH is 1. The lowest BCUT2D eigenvalue weighted by Gasteiger charge is -2.50. The number of ether oxygens (including phenoxy) is 14. The molecule has 0 amide bonds. The van der Waals surface area contributed by atoms with Gasteiger partial charge in [0.1, 0.15) is 54.6 Å². The number of azide groups is 1. The summed E-state index contributed by atoms with van der Waals surface area (Å²) in [7, 11) is 0. The number of rotatable bonds is 49. The molecule has 0 aliphatic carbocycles. The third kappa shape index (κ3) is 28.2. The highest BCUT2D eigenvalue weighted by Gasteiger charge is 2.58. The van der Waals surface area contributed by atoms with Gasteiger partial charge in [0, 0.05) is 24.2 Å². The van der Waals surface area contributed by atoms with E-state index in [1.54, 1.807) is 32.0 Å². The third-order valence-electron chi connectivity index (χ3n) is 19.9. The second-order valence-electron chi connectivity index (χ2n) is 28.8. The van der Waals surface area contributed by atoms with Crippen molar-refractivity contribution in [1.29, 1.82) is 0 Å². The first-order chi connectivity index (χ1) is 53.8. The van der Waals surface area contributed by atoms with Gasteiger partial charge in [-0.1, -0.05) is 266 Å². The van der Waals surface area contributed by atoms with Gasteiger partial charge in [-0.05, 0) is 90.9 Å². The number of esters is 3. The van der Waals surface area contributed by atoms with Gasteiger partial charge in [0.2, 0.25) is 0 Å². The van der Waals surface area contributed by atoms with Crippen LogP contribution in [0.4, 0.5) is 0 Å². The Morgan fingerprint density at radius 1 is 0.445 bits per heavy atom. The molecule has 22 nitrogen and oxygen atoms in total. The van der Waals surface area contributed by atoms with Gasteiger partial charge >= 0.3 is 17.9 Å². The summed E-state index contributed by atoms with van der Waals surface area (Å²) >= 11 is 0. The van der Waals surface area contributed by atoms with Crippen LogP contribution >= 0.6 is 0 Å². The Labute approximate surface area is 649 Å². The largest absolute Gasteiger partial charge is 0.455 e. The van der Waals surface area contributed by atoms with E-state index in [-0.39, 0.29) is 70.4 Å². The molecule has 0 radical (unpaired) electrons. The maximum Gasteiger partial charge on any atom is 0.339 e. The summed E-state index contributed by atoms with van der Waals surface area (Å²) in [6.07, 6.45) is -6.08. The lowest BCUT2D eigenvalue weighted by atomic mass is 9.95. The van der Waals surface area contributed by atoms with E-state index >= 15 is 4.79 Å². The molecule has 0 spiro atoms. The van der Waals surface area contributed by atoms with Gasteiger partial charge in [0.05, 0.1) is 70.6 Å². The van der Waals surface area contributed by atoms with Crippen molar-refractivity contribution in [3.8, 4) is 0 Å². The Kier molecular flexibility index (Phi) is 37.8. The van der Waals surface area contributed by atoms with Crippen LogP contribution in [0.25, 0.3) is 10.4 Å². The van der Waals surface area contributed by atoms with Crippen LogP contribution < -0.4 is 0 Å². The first-order valence-corrected chi connectivity index (χ1v) is 39.8. The molecule has 0 unspecified atom stereocenters. The average molecular weight is 1520 g/mol. The fourth-order valence-corrected chi connectivity index (χ4v) is 14.1. The van der Waals surface area contributed by atoms with Crippen molar-refractivity contribution < 1.29 is 90.6 Å². The minimum atomic E-state index is -1.83. The molecule has 0 bridgehead atoms. The Morgan fingerprint density at radius 3 is 1.45 bits per heavy atom. The molecular weight excluding hydrogens is 1400 g/mol. The number of unbranched alkanes of at least 4 members (excludes halogenated alkanes) is 10. The van der Waals surface area contributed by atoms with Gasteiger partial charge in [0.15, 0.2) is 37.2 Å². The van der Waals surface area contributed by atoms with E-state index in [0.717, 1.165) is 98.4 Å². The standard InChI is InChI=1S/C88H115N3O19/c1-6-9-10-11-12-15-33-51-70(52-34-16-13-14-22-39-62(4)92)104-87-83(81(101-59-68-48-31-21-32-49-68)78(99-57-66-44-27-19-28-45-66)72(105-87)60-97-55-64-40-23-17-24-41-64)110-88-84(109-85(96)71-53-36-35-50-69(71)54-90-91-89)82(108-75(94)38-8-3)79(107-74(93)37-7-2)73(106-88)61-102-86-76(95)80(100-58-67-46-29-20-30-47-67)77(63(5)103-86)98-56-65-42-25-18-26-43-65/h17-21,23-32,35-36,40-50,53,63,70,72-73,76-84,86-88,95H,6-16,22,33-34,37-39,51-52,54-61H2,1-5H3/t63-,70-,72-,73-,76+,77+,78-,79-,80-,81+,82+,83-,84-,86-,87-,88+/m1/s1. The number of hydrogen-bond donors (Lipinski definition) is 1. The summed E-state index contributed by atoms with van der Waals surface area (Å²) < 4.78 is 97.5. The lowest BCUT2D eigenvalue weighted by Crippen LogP contribution is -2.67. The number of ketones is 1. The summed E-state index contributed by atoms with van der Waals surface area (Å²) in [6, 6.07) is 54.8. The Morgan fingerprint density at radius 2 is 0.909 bits per heavy atom. The SMILES string of the molecule is CCCCCCCCC[C@H](CCCCCCCC(C)=O)O[C@@H]1O[C@H](COCc2ccccc2)[C@@H](OCc2ccccc2)[C@H](OCc2ccccc2)[C@H]1O[C@@H]1O[C@H](CO[C@@H]2O[C@H](C)[C@H](OCc3ccccc3)[C@H](OCc3ccccc3)[C@@H]2O)[C@@H](OC(=O)CCC)[C@H](OC(=O)CCC)[C@H]1OC(=O)c1ccccc1CN=[N+]=[N-]. The number of carbonyl (C=O) groups excluding carboxylic acids is 4. The van der Waals surface area contributed by atoms with Gasteiger partial charge in [-0.25, -0.2) is 4.79 Å². The number of nitrogens with zero attached hydrogens (tertiary/aromatic N) is 3. The first-order valence-electron chi connectivity index (χ1n) is 39.8. The second-order valence-corrected chi connectivity index (χ2v) is 28.8. The summed E-state index contributed by atoms with van der Waals surface area (Å²) in [5, 5.41) is 16.5. The number of benzene rings is 6. The van der Waals surface area contributed by atoms with Crippen LogP contribution in [-0.4, -0.2) is 140 Å². The zero-order valence-electron chi connectivity index (χ0n) is 64.7. The highest BCUT2D eigenvalue weighted by molar-refractivity contribution is 5.91. The summed E-state index contributed by atoms with van der Waals surface area (Å²) in [5.41, 5.74) is 14.2. The van der Waals surface area contributed by atoms with E-state index < -0.39 is 123 Å². The zero-order valence-corrected chi connectivity index (χ0v) is 64.7. The number of aliphatic hydroxyl groups is 1. The molecule has 0 aromatic heterocycles. The van der Waals surface area contributed by atoms with E-state index in [0.29, 0.717) is 37.7 Å². The van der Waals surface area contributed by atoms with Crippen molar-refractivity contribution >= 4 is 23.7 Å². The second kappa shape index (κ2) is 48.2. The highest BCUT2D eigenvalue weighted by Crippen LogP contribution is 2.39. The van der Waals surface area contributed by atoms with Crippen molar-refractivity contribution in [1.82, 2.24) is 0 Å². The van der Waals surface area contributed by atoms with Gasteiger partial charge in [-0.3, -0.25) is 9.59 Å². The molecule has 596 valence electrons. The van der Waals surface area contributed by atoms with Crippen molar-refractivity contribution in [2.24, 2.45) is 5.11 Å². The van der Waals surface area contributed by atoms with Gasteiger partial charge in [-0.15, -0.1) is 0 Å². The molecule has 3 aliphatic heterocycles. The molecule has 3 heterocycles. The Balaban J connectivity index is 1.18. The van der Waals surface area contributed by atoms with Crippen LogP contribution in [0.5, 0.6) is 0 Å². The molecule has 3 saturated heterocycles. The molecular formula is C88H115N3O19. The fraction of sp³-hybridized carbons (Fsp3) is 0.545. The molecule has 6 aromatic rings. The van der Waals surface area contributed by atoms with E-state index in [2.05, 4.69) is 16.9 Å². The van der Waals surface area contributed by atoms with Gasteiger partial charge in [0.25, 0.3) is 0 Å². The molecule has 16 atom stereocenters. The van der Waals surface area contributed by atoms with E-state index in [1.165, 1.54) is 12.5 Å². The van der Waals surface area contributed by atoms with Crippen LogP contribution in [0.2, 0.25) is 0 Å². The number of hydrogen-bond acceptors (Lipinski definition) is 20. The Hall–Kier alpha value is -7.77. The number of Topliss-reactive ketones (excluding diaryl/α,β-unsaturated/α-hetero) is 1. The van der Waals surface area contributed by atoms with Crippen LogP contribution in [0.1, 0.15) is 200 Å². The van der Waals surface area contributed by atoms with E-state index in [4.69, 9.17) is 66.3 Å². The van der Waals surface area contributed by atoms with Crippen molar-refractivity contribution in [3.63, 3.8) is 0 Å². The van der Waals surface area contributed by atoms with Crippen LogP contribution in [0, 0.1) is 0 Å². The van der Waals surface area contributed by atoms with Crippen molar-refractivity contribution in [2.45, 2.75) is 294 Å². The van der Waals surface area contributed by atoms with E-state index in [9.17, 15) is 25.0 Å². The molecule has 9 rings (SSSR count). The molecule has 6 aromatic carbocycles. The maximum absolute atomic E-state index is 15.5. The summed E-state index contributed by atoms with van der Waals surface area (Å²) in [5.74, 6) is -2.22. The molecule has 3 fully saturated rings. The van der Waals surface area contributed by atoms with Crippen LogP contribution in [-0.2, 0) is 120 Å². The van der Waals surface area contributed by atoms with Crippen molar-refractivity contribution in [3.05, 3.63) is 225 Å².